The lowest BCUT2D eigenvalue weighted by molar-refractivity contribution is -0.237. The highest BCUT2D eigenvalue weighted by molar-refractivity contribution is 5.74. The van der Waals surface area contributed by atoms with Crippen molar-refractivity contribution in [2.24, 2.45) is 5.92 Å². The van der Waals surface area contributed by atoms with E-state index in [0.29, 0.717) is 0 Å². The van der Waals surface area contributed by atoms with Crippen LogP contribution >= 0.6 is 0 Å². The molecule has 4 heteroatoms. The van der Waals surface area contributed by atoms with E-state index in [9.17, 15) is 4.79 Å². The minimum atomic E-state index is -0.942. The first-order chi connectivity index (χ1) is 4.76. The molecule has 0 saturated heterocycles. The first kappa shape index (κ1) is 8.66. The fourth-order valence-corrected chi connectivity index (χ4v) is 0.432. The predicted octanol–water partition coefficient (Wildman–Crippen LogP) is 0.718. The maximum absolute atomic E-state index is 10.4. The molecule has 0 aliphatic carbocycles. The van der Waals surface area contributed by atoms with Gasteiger partial charge in [-0.3, -0.25) is 4.89 Å². The van der Waals surface area contributed by atoms with E-state index < -0.39 is 11.9 Å². The molecule has 0 aromatic rings. The van der Waals surface area contributed by atoms with E-state index in [1.807, 2.05) is 0 Å². The highest BCUT2D eigenvalue weighted by atomic mass is 17.1. The Kier molecular flexibility index (Phi) is 3.92. The molecule has 0 heterocycles. The third kappa shape index (κ3) is 2.29. The molecule has 0 aliphatic rings. The van der Waals surface area contributed by atoms with Gasteiger partial charge < -0.3 is 0 Å². The van der Waals surface area contributed by atoms with E-state index in [4.69, 9.17) is 10.5 Å². The second-order valence-corrected chi connectivity index (χ2v) is 1.62. The van der Waals surface area contributed by atoms with Gasteiger partial charge in [-0.05, 0) is 6.42 Å². The van der Waals surface area contributed by atoms with Crippen molar-refractivity contribution in [2.45, 2.75) is 6.42 Å². The summed E-state index contributed by atoms with van der Waals surface area (Å²) in [4.78, 5) is 13.7. The Hall–Kier alpha value is -1.34. The van der Waals surface area contributed by atoms with E-state index in [1.54, 1.807) is 6.07 Å². The number of carbonyl (C=O) groups is 1. The van der Waals surface area contributed by atoms with Crippen LogP contribution in [-0.4, -0.2) is 11.2 Å². The van der Waals surface area contributed by atoms with Gasteiger partial charge in [0.15, 0.2) is 5.92 Å². The van der Waals surface area contributed by atoms with Crippen LogP contribution in [-0.2, 0) is 9.68 Å². The lowest BCUT2D eigenvalue weighted by Crippen LogP contribution is -2.13. The molecule has 10 heavy (non-hydrogen) atoms. The third-order valence-corrected chi connectivity index (χ3v) is 0.933. The molecule has 0 spiro atoms. The lowest BCUT2D eigenvalue weighted by atomic mass is 10.1. The number of carbonyl (C=O) groups excluding carboxylic acids is 1. The van der Waals surface area contributed by atoms with E-state index in [-0.39, 0.29) is 6.42 Å². The predicted molar refractivity (Wildman–Crippen MR) is 32.6 cm³/mol. The van der Waals surface area contributed by atoms with Crippen LogP contribution in [0.25, 0.3) is 0 Å². The van der Waals surface area contributed by atoms with Gasteiger partial charge in [0.2, 0.25) is 0 Å². The Balaban J connectivity index is 3.96. The van der Waals surface area contributed by atoms with Gasteiger partial charge in [-0.15, -0.1) is 6.58 Å². The first-order valence-electron chi connectivity index (χ1n) is 2.62. The molecule has 1 atom stereocenters. The summed E-state index contributed by atoms with van der Waals surface area (Å²) in [6.07, 6.45) is 1.60. The summed E-state index contributed by atoms with van der Waals surface area (Å²) in [6.45, 7) is 3.32. The number of nitriles is 1. The van der Waals surface area contributed by atoms with Gasteiger partial charge >= 0.3 is 5.97 Å². The number of allylic oxidation sites excluding steroid dienone is 1. The Bertz CT molecular complexity index is 170. The molecule has 0 bridgehead atoms. The van der Waals surface area contributed by atoms with E-state index >= 15 is 0 Å². The zero-order chi connectivity index (χ0) is 7.98. The summed E-state index contributed by atoms with van der Waals surface area (Å²) < 4.78 is 0. The minimum Gasteiger partial charge on any atom is -0.300 e. The summed E-state index contributed by atoms with van der Waals surface area (Å²) in [5, 5.41) is 16.1. The standard InChI is InChI=1S/C6H7NO3/c1-2-3-5(4-7)6(8)10-9/h2,5,9H,1,3H2. The van der Waals surface area contributed by atoms with Crippen molar-refractivity contribution in [3.05, 3.63) is 12.7 Å². The van der Waals surface area contributed by atoms with Gasteiger partial charge in [0.1, 0.15) is 0 Å². The zero-order valence-electron chi connectivity index (χ0n) is 5.28. The quantitative estimate of drug-likeness (QED) is 0.357. The molecule has 54 valence electrons. The molecule has 1 unspecified atom stereocenters. The number of rotatable bonds is 3. The van der Waals surface area contributed by atoms with Gasteiger partial charge in [-0.25, -0.2) is 4.79 Å². The van der Waals surface area contributed by atoms with Crippen LogP contribution in [0.2, 0.25) is 0 Å². The van der Waals surface area contributed by atoms with E-state index in [0.717, 1.165) is 0 Å². The fraction of sp³-hybridized carbons (Fsp3) is 0.333. The van der Waals surface area contributed by atoms with Crippen molar-refractivity contribution in [2.75, 3.05) is 0 Å². The summed E-state index contributed by atoms with van der Waals surface area (Å²) >= 11 is 0. The summed E-state index contributed by atoms with van der Waals surface area (Å²) in [7, 11) is 0. The van der Waals surface area contributed by atoms with Gasteiger partial charge in [0.25, 0.3) is 0 Å². The van der Waals surface area contributed by atoms with Crippen molar-refractivity contribution >= 4 is 5.97 Å². The van der Waals surface area contributed by atoms with Gasteiger partial charge in [0.05, 0.1) is 6.07 Å². The van der Waals surface area contributed by atoms with Crippen LogP contribution < -0.4 is 0 Å². The van der Waals surface area contributed by atoms with Crippen molar-refractivity contribution in [3.63, 3.8) is 0 Å². The van der Waals surface area contributed by atoms with Crippen molar-refractivity contribution < 1.29 is 14.9 Å². The normalized spacial score (nSPS) is 11.2. The molecule has 0 aromatic carbocycles. The second kappa shape index (κ2) is 4.53. The Morgan fingerprint density at radius 1 is 2.00 bits per heavy atom. The fourth-order valence-electron chi connectivity index (χ4n) is 0.432. The minimum absolute atomic E-state index is 0.190. The molecule has 4 nitrogen and oxygen atoms in total. The summed E-state index contributed by atoms with van der Waals surface area (Å²) in [5.41, 5.74) is 0. The van der Waals surface area contributed by atoms with Crippen molar-refractivity contribution in [1.29, 1.82) is 5.26 Å². The largest absolute Gasteiger partial charge is 0.359 e. The SMILES string of the molecule is C=CCC(C#N)C(=O)OO. The average molecular weight is 141 g/mol. The summed E-state index contributed by atoms with van der Waals surface area (Å²) in [5.74, 6) is -1.88. The molecule has 0 fully saturated rings. The second-order valence-electron chi connectivity index (χ2n) is 1.62. The Morgan fingerprint density at radius 3 is 2.90 bits per heavy atom. The topological polar surface area (TPSA) is 70.3 Å². The molecule has 0 radical (unpaired) electrons. The average Bonchev–Trinajstić information content (AvgIpc) is 1.99. The molecule has 0 saturated carbocycles. The first-order valence-corrected chi connectivity index (χ1v) is 2.62. The van der Waals surface area contributed by atoms with Gasteiger partial charge in [-0.1, -0.05) is 6.08 Å². The van der Waals surface area contributed by atoms with Crippen molar-refractivity contribution in [1.82, 2.24) is 0 Å². The molecule has 0 rings (SSSR count). The molecular weight excluding hydrogens is 134 g/mol. The monoisotopic (exact) mass is 141 g/mol. The maximum atomic E-state index is 10.4. The summed E-state index contributed by atoms with van der Waals surface area (Å²) in [6, 6.07) is 1.65. The molecule has 0 aromatic heterocycles. The highest BCUT2D eigenvalue weighted by Crippen LogP contribution is 2.03. The van der Waals surface area contributed by atoms with Crippen LogP contribution in [0.15, 0.2) is 12.7 Å². The number of hydrogen-bond donors (Lipinski definition) is 1. The lowest BCUT2D eigenvalue weighted by Gasteiger charge is -1.98. The van der Waals surface area contributed by atoms with Crippen LogP contribution in [0, 0.1) is 17.2 Å². The number of nitrogens with zero attached hydrogens (tertiary/aromatic N) is 1. The molecule has 1 N–H and O–H groups in total. The van der Waals surface area contributed by atoms with Crippen molar-refractivity contribution in [3.8, 4) is 6.07 Å². The van der Waals surface area contributed by atoms with Crippen LogP contribution in [0.4, 0.5) is 0 Å². The van der Waals surface area contributed by atoms with E-state index in [2.05, 4.69) is 11.5 Å². The van der Waals surface area contributed by atoms with Crippen LogP contribution in [0.5, 0.6) is 0 Å². The molecule has 0 aliphatic heterocycles. The highest BCUT2D eigenvalue weighted by Gasteiger charge is 2.17. The van der Waals surface area contributed by atoms with Crippen LogP contribution in [0.3, 0.4) is 0 Å². The molecular formula is C6H7NO3. The van der Waals surface area contributed by atoms with Crippen LogP contribution in [0.1, 0.15) is 6.42 Å². The zero-order valence-corrected chi connectivity index (χ0v) is 5.28. The maximum Gasteiger partial charge on any atom is 0.359 e. The smallest absolute Gasteiger partial charge is 0.300 e. The van der Waals surface area contributed by atoms with Gasteiger partial charge in [-0.2, -0.15) is 10.5 Å². The Labute approximate surface area is 58.3 Å². The number of hydrogen-bond acceptors (Lipinski definition) is 4. The van der Waals surface area contributed by atoms with E-state index in [1.165, 1.54) is 6.08 Å². The third-order valence-electron chi connectivity index (χ3n) is 0.933. The Morgan fingerprint density at radius 2 is 2.60 bits per heavy atom. The van der Waals surface area contributed by atoms with Gasteiger partial charge in [0, 0.05) is 0 Å². The molecule has 0 amide bonds.